The molecule has 1 aliphatic carbocycles. The van der Waals surface area contributed by atoms with Crippen LogP contribution in [0.15, 0.2) is 84.9 Å². The van der Waals surface area contributed by atoms with Crippen LogP contribution in [0.5, 0.6) is 0 Å². The number of halogens is 4. The first-order valence-corrected chi connectivity index (χ1v) is 15.5. The van der Waals surface area contributed by atoms with Crippen LogP contribution < -0.4 is 15.5 Å². The summed E-state index contributed by atoms with van der Waals surface area (Å²) in [5.41, 5.74) is 2.35. The Hall–Kier alpha value is -4.66. The molecule has 0 unspecified atom stereocenters. The number of para-hydroxylation sites is 1. The summed E-state index contributed by atoms with van der Waals surface area (Å²) >= 11 is 0. The van der Waals surface area contributed by atoms with Crippen LogP contribution in [0.2, 0.25) is 0 Å². The lowest BCUT2D eigenvalue weighted by molar-refractivity contribution is -0.138. The molecule has 1 saturated carbocycles. The lowest BCUT2D eigenvalue weighted by Crippen LogP contribution is -2.47. The second-order valence-corrected chi connectivity index (χ2v) is 12.3. The average Bonchev–Trinajstić information content (AvgIpc) is 3.54. The number of hydrogen-bond donors (Lipinski definition) is 2. The topological polar surface area (TPSA) is 61.4 Å². The zero-order valence-electron chi connectivity index (χ0n) is 25.6. The number of fused-ring (bicyclic) bond motifs is 1. The molecule has 2 N–H and O–H groups in total. The van der Waals surface area contributed by atoms with Crippen molar-refractivity contribution in [2.45, 2.75) is 64.2 Å². The Morgan fingerprint density at radius 3 is 2.22 bits per heavy atom. The van der Waals surface area contributed by atoms with Crippen molar-refractivity contribution in [3.05, 3.63) is 124 Å². The molecule has 0 saturated heterocycles. The van der Waals surface area contributed by atoms with Gasteiger partial charge in [0.2, 0.25) is 5.91 Å². The second-order valence-electron chi connectivity index (χ2n) is 12.3. The number of aryl methyl sites for hydroxylation is 2. The minimum Gasteiger partial charge on any atom is -0.382 e. The third kappa shape index (κ3) is 6.23. The molecule has 4 aromatic carbocycles. The number of hydrogen-bond acceptors (Lipinski definition) is 3. The molecule has 2 aliphatic rings. The van der Waals surface area contributed by atoms with Gasteiger partial charge in [-0.2, -0.15) is 13.2 Å². The Morgan fingerprint density at radius 2 is 1.52 bits per heavy atom. The van der Waals surface area contributed by atoms with Crippen LogP contribution in [0.3, 0.4) is 0 Å². The van der Waals surface area contributed by atoms with E-state index in [2.05, 4.69) is 10.6 Å². The number of rotatable bonds is 6. The van der Waals surface area contributed by atoms with Gasteiger partial charge in [0.1, 0.15) is 5.82 Å². The molecule has 0 aromatic heterocycles. The lowest BCUT2D eigenvalue weighted by atomic mass is 9.80. The molecular formula is C37H35F4N3O2. The maximum absolute atomic E-state index is 15.3. The van der Waals surface area contributed by atoms with E-state index in [9.17, 15) is 22.8 Å². The summed E-state index contributed by atoms with van der Waals surface area (Å²) in [6, 6.07) is 22.3. The number of nitrogens with zero attached hydrogens (tertiary/aromatic N) is 1. The third-order valence-electron chi connectivity index (χ3n) is 9.13. The van der Waals surface area contributed by atoms with Crippen LogP contribution in [0.4, 0.5) is 34.6 Å². The van der Waals surface area contributed by atoms with Crippen LogP contribution >= 0.6 is 0 Å². The molecule has 0 spiro atoms. The zero-order chi connectivity index (χ0) is 32.6. The number of amides is 2. The van der Waals surface area contributed by atoms with E-state index in [1.54, 1.807) is 31.2 Å². The fourth-order valence-corrected chi connectivity index (χ4v) is 6.80. The molecule has 1 aliphatic heterocycles. The highest BCUT2D eigenvalue weighted by Crippen LogP contribution is 2.44. The van der Waals surface area contributed by atoms with Crippen LogP contribution in [0.25, 0.3) is 0 Å². The van der Waals surface area contributed by atoms with Gasteiger partial charge in [0.15, 0.2) is 0 Å². The fraction of sp³-hybridized carbons (Fsp3) is 0.297. The summed E-state index contributed by atoms with van der Waals surface area (Å²) in [4.78, 5) is 30.0. The van der Waals surface area contributed by atoms with E-state index in [4.69, 9.17) is 0 Å². The summed E-state index contributed by atoms with van der Waals surface area (Å²) < 4.78 is 56.4. The van der Waals surface area contributed by atoms with E-state index >= 15 is 4.39 Å². The van der Waals surface area contributed by atoms with Gasteiger partial charge in [0, 0.05) is 23.1 Å². The minimum absolute atomic E-state index is 0.000491. The van der Waals surface area contributed by atoms with E-state index in [0.717, 1.165) is 24.6 Å². The summed E-state index contributed by atoms with van der Waals surface area (Å²) in [6.07, 6.45) is 0.141. The van der Waals surface area contributed by atoms with Gasteiger partial charge in [-0.25, -0.2) is 4.39 Å². The van der Waals surface area contributed by atoms with Crippen molar-refractivity contribution in [1.82, 2.24) is 0 Å². The SMILES string of the molecule is Cc1ccc(NC(=O)[C@@H]2Cc3ccccc3N(C(=O)c3c(C)cccc3F)[C@@H]2c2ccc(NC3CCCC3)cc2)cc1C(F)(F)F. The first kappa shape index (κ1) is 31.3. The van der Waals surface area contributed by atoms with E-state index < -0.39 is 41.3 Å². The maximum Gasteiger partial charge on any atom is 0.416 e. The summed E-state index contributed by atoms with van der Waals surface area (Å²) in [7, 11) is 0. The van der Waals surface area contributed by atoms with Gasteiger partial charge in [-0.1, -0.05) is 61.4 Å². The first-order chi connectivity index (χ1) is 22.0. The fourth-order valence-electron chi connectivity index (χ4n) is 6.80. The lowest BCUT2D eigenvalue weighted by Gasteiger charge is -2.42. The molecule has 1 heterocycles. The van der Waals surface area contributed by atoms with Crippen molar-refractivity contribution in [3.8, 4) is 0 Å². The maximum atomic E-state index is 15.3. The zero-order valence-corrected chi connectivity index (χ0v) is 25.6. The summed E-state index contributed by atoms with van der Waals surface area (Å²) in [5, 5.41) is 6.25. The third-order valence-corrected chi connectivity index (χ3v) is 9.13. The van der Waals surface area contributed by atoms with Gasteiger partial charge >= 0.3 is 6.18 Å². The standard InChI is InChI=1S/C37H35F4N3O2/c1-22-14-17-28(21-30(22)37(39,40)41)43-35(45)29-20-25-9-3-6-13-32(25)44(36(46)33-23(2)8-7-12-31(33)38)34(29)24-15-18-27(19-16-24)42-26-10-4-5-11-26/h3,6-9,12-19,21,26,29,34,42H,4-5,10-11,20H2,1-2H3,(H,43,45)/t29-,34-/m1/s1. The van der Waals surface area contributed by atoms with Crippen LogP contribution in [0, 0.1) is 25.6 Å². The van der Waals surface area contributed by atoms with Gasteiger partial charge in [-0.05, 0) is 91.8 Å². The Morgan fingerprint density at radius 1 is 0.826 bits per heavy atom. The van der Waals surface area contributed by atoms with Crippen LogP contribution in [-0.4, -0.2) is 17.9 Å². The number of alkyl halides is 3. The Bertz CT molecular complexity index is 1740. The van der Waals surface area contributed by atoms with Crippen molar-refractivity contribution in [2.24, 2.45) is 5.92 Å². The smallest absolute Gasteiger partial charge is 0.382 e. The molecule has 46 heavy (non-hydrogen) atoms. The second kappa shape index (κ2) is 12.6. The molecule has 2 amide bonds. The average molecular weight is 630 g/mol. The molecule has 4 aromatic rings. The van der Waals surface area contributed by atoms with Crippen molar-refractivity contribution in [3.63, 3.8) is 0 Å². The van der Waals surface area contributed by atoms with Gasteiger partial charge in [-0.3, -0.25) is 14.5 Å². The monoisotopic (exact) mass is 629 g/mol. The van der Waals surface area contributed by atoms with Gasteiger partial charge in [-0.15, -0.1) is 0 Å². The predicted octanol–water partition coefficient (Wildman–Crippen LogP) is 9.01. The number of carbonyl (C=O) groups is 2. The number of nitrogens with one attached hydrogen (secondary N) is 2. The van der Waals surface area contributed by atoms with E-state index in [-0.39, 0.29) is 23.2 Å². The van der Waals surface area contributed by atoms with E-state index in [1.807, 2.05) is 30.3 Å². The minimum atomic E-state index is -4.59. The summed E-state index contributed by atoms with van der Waals surface area (Å²) in [6.45, 7) is 3.02. The largest absolute Gasteiger partial charge is 0.416 e. The molecule has 9 heteroatoms. The molecule has 5 nitrogen and oxygen atoms in total. The van der Waals surface area contributed by atoms with E-state index in [0.29, 0.717) is 28.4 Å². The normalized spacial score (nSPS) is 18.3. The molecule has 2 atom stereocenters. The Labute approximate surface area is 265 Å². The number of benzene rings is 4. The predicted molar refractivity (Wildman–Crippen MR) is 171 cm³/mol. The molecule has 1 fully saturated rings. The van der Waals surface area contributed by atoms with Crippen molar-refractivity contribution in [2.75, 3.05) is 15.5 Å². The van der Waals surface area contributed by atoms with Crippen LogP contribution in [0.1, 0.15) is 69.9 Å². The summed E-state index contributed by atoms with van der Waals surface area (Å²) in [5.74, 6) is -2.74. The van der Waals surface area contributed by atoms with Gasteiger partial charge < -0.3 is 10.6 Å². The molecule has 6 rings (SSSR count). The van der Waals surface area contributed by atoms with Crippen LogP contribution in [-0.2, 0) is 17.4 Å². The van der Waals surface area contributed by atoms with Gasteiger partial charge in [0.05, 0.1) is 23.1 Å². The highest BCUT2D eigenvalue weighted by molar-refractivity contribution is 6.09. The molecule has 0 radical (unpaired) electrons. The van der Waals surface area contributed by atoms with Gasteiger partial charge in [0.25, 0.3) is 5.91 Å². The Balaban J connectivity index is 1.44. The molecular weight excluding hydrogens is 594 g/mol. The van der Waals surface area contributed by atoms with Crippen molar-refractivity contribution in [1.29, 1.82) is 0 Å². The first-order valence-electron chi connectivity index (χ1n) is 15.5. The molecule has 238 valence electrons. The highest BCUT2D eigenvalue weighted by atomic mass is 19.4. The molecule has 0 bridgehead atoms. The van der Waals surface area contributed by atoms with Crippen molar-refractivity contribution >= 4 is 28.9 Å². The highest BCUT2D eigenvalue weighted by Gasteiger charge is 2.43. The number of carbonyl (C=O) groups excluding carboxylic acids is 2. The Kier molecular flexibility index (Phi) is 8.59. The van der Waals surface area contributed by atoms with E-state index in [1.165, 1.54) is 48.9 Å². The van der Waals surface area contributed by atoms with Crippen molar-refractivity contribution < 1.29 is 27.2 Å². The quantitative estimate of drug-likeness (QED) is 0.209. The number of anilines is 3.